The van der Waals surface area contributed by atoms with Crippen LogP contribution in [0, 0.1) is 5.92 Å². The van der Waals surface area contributed by atoms with Gasteiger partial charge in [-0.1, -0.05) is 6.92 Å². The van der Waals surface area contributed by atoms with E-state index in [2.05, 4.69) is 31.0 Å². The number of rotatable bonds is 4. The quantitative estimate of drug-likeness (QED) is 0.764. The molecule has 1 heterocycles. The van der Waals surface area contributed by atoms with Crippen LogP contribution in [0.25, 0.3) is 0 Å². The lowest BCUT2D eigenvalue weighted by Gasteiger charge is -2.32. The van der Waals surface area contributed by atoms with Crippen molar-refractivity contribution in [2.45, 2.75) is 39.3 Å². The van der Waals surface area contributed by atoms with Gasteiger partial charge in [0.25, 0.3) is 0 Å². The zero-order valence-corrected chi connectivity index (χ0v) is 10.6. The molecule has 0 spiro atoms. The average Bonchev–Trinajstić information content (AvgIpc) is 2.42. The van der Waals surface area contributed by atoms with Gasteiger partial charge in [0, 0.05) is 25.7 Å². The summed E-state index contributed by atoms with van der Waals surface area (Å²) in [5.41, 5.74) is 0. The fourth-order valence-electron chi connectivity index (χ4n) is 2.25. The Hall–Kier alpha value is -0.120. The van der Waals surface area contributed by atoms with Gasteiger partial charge in [-0.05, 0) is 39.8 Å². The third kappa shape index (κ3) is 4.09. The fraction of sp³-hybridized carbons (Fsp3) is 1.00. The van der Waals surface area contributed by atoms with Gasteiger partial charge in [-0.15, -0.1) is 0 Å². The van der Waals surface area contributed by atoms with Gasteiger partial charge in [0.15, 0.2) is 0 Å². The van der Waals surface area contributed by atoms with E-state index in [1.807, 2.05) is 7.05 Å². The van der Waals surface area contributed by atoms with Crippen molar-refractivity contribution in [2.24, 2.45) is 5.92 Å². The number of nitrogens with one attached hydrogen (secondary N) is 1. The molecule has 1 aliphatic rings. The molecule has 0 saturated carbocycles. The van der Waals surface area contributed by atoms with Gasteiger partial charge in [0.2, 0.25) is 0 Å². The molecule has 0 aromatic rings. The lowest BCUT2D eigenvalue weighted by atomic mass is 10.0. The molecule has 1 saturated heterocycles. The molecule has 0 radical (unpaired) electrons. The van der Waals surface area contributed by atoms with Gasteiger partial charge in [0.1, 0.15) is 0 Å². The molecule has 0 amide bonds. The summed E-state index contributed by atoms with van der Waals surface area (Å²) in [5, 5.41) is 3.26. The molecule has 15 heavy (non-hydrogen) atoms. The third-order valence-corrected chi connectivity index (χ3v) is 3.41. The van der Waals surface area contributed by atoms with Crippen LogP contribution in [0.5, 0.6) is 0 Å². The molecule has 1 rings (SSSR count). The lowest BCUT2D eigenvalue weighted by molar-refractivity contribution is 0.0568. The van der Waals surface area contributed by atoms with Crippen LogP contribution in [0.2, 0.25) is 0 Å². The summed E-state index contributed by atoms with van der Waals surface area (Å²) in [5.74, 6) is 0.695. The smallest absolute Gasteiger partial charge is 0.0674 e. The van der Waals surface area contributed by atoms with E-state index in [1.165, 1.54) is 13.0 Å². The monoisotopic (exact) mass is 214 g/mol. The van der Waals surface area contributed by atoms with Crippen LogP contribution >= 0.6 is 0 Å². The van der Waals surface area contributed by atoms with Gasteiger partial charge < -0.3 is 10.1 Å². The standard InChI is InChI=1S/C12H26N2O/c1-10(8-13-4)12(3)14-6-5-7-15-11(2)9-14/h10-13H,5-9H2,1-4H3. The molecular formula is C12H26N2O. The van der Waals surface area contributed by atoms with E-state index in [9.17, 15) is 0 Å². The second-order valence-corrected chi connectivity index (χ2v) is 4.81. The maximum atomic E-state index is 5.67. The van der Waals surface area contributed by atoms with Crippen LogP contribution in [0.15, 0.2) is 0 Å². The molecule has 3 heteroatoms. The molecule has 90 valence electrons. The van der Waals surface area contributed by atoms with Gasteiger partial charge >= 0.3 is 0 Å². The number of nitrogens with zero attached hydrogens (tertiary/aromatic N) is 1. The van der Waals surface area contributed by atoms with E-state index in [0.29, 0.717) is 18.1 Å². The summed E-state index contributed by atoms with van der Waals surface area (Å²) in [6.07, 6.45) is 1.55. The highest BCUT2D eigenvalue weighted by atomic mass is 16.5. The lowest BCUT2D eigenvalue weighted by Crippen LogP contribution is -2.43. The summed E-state index contributed by atoms with van der Waals surface area (Å²) in [4.78, 5) is 2.57. The molecule has 3 nitrogen and oxygen atoms in total. The number of hydrogen-bond donors (Lipinski definition) is 1. The highest BCUT2D eigenvalue weighted by molar-refractivity contribution is 4.77. The number of hydrogen-bond acceptors (Lipinski definition) is 3. The molecule has 3 unspecified atom stereocenters. The van der Waals surface area contributed by atoms with Crippen molar-refractivity contribution in [1.29, 1.82) is 0 Å². The van der Waals surface area contributed by atoms with E-state index in [-0.39, 0.29) is 0 Å². The summed E-state index contributed by atoms with van der Waals surface area (Å²) in [7, 11) is 2.03. The van der Waals surface area contributed by atoms with Crippen LogP contribution in [-0.4, -0.2) is 50.3 Å². The van der Waals surface area contributed by atoms with Crippen LogP contribution in [0.1, 0.15) is 27.2 Å². The highest BCUT2D eigenvalue weighted by Gasteiger charge is 2.23. The van der Waals surface area contributed by atoms with Crippen LogP contribution < -0.4 is 5.32 Å². The summed E-state index contributed by atoms with van der Waals surface area (Å²) in [6, 6.07) is 0.640. The van der Waals surface area contributed by atoms with Crippen LogP contribution in [0.4, 0.5) is 0 Å². The normalized spacial score (nSPS) is 28.4. The van der Waals surface area contributed by atoms with Gasteiger partial charge in [-0.3, -0.25) is 4.90 Å². The minimum atomic E-state index is 0.386. The molecule has 1 fully saturated rings. The van der Waals surface area contributed by atoms with E-state index in [4.69, 9.17) is 4.74 Å². The first-order valence-corrected chi connectivity index (χ1v) is 6.15. The van der Waals surface area contributed by atoms with Gasteiger partial charge in [-0.2, -0.15) is 0 Å². The molecule has 0 bridgehead atoms. The maximum Gasteiger partial charge on any atom is 0.0674 e. The van der Waals surface area contributed by atoms with Crippen molar-refractivity contribution in [3.8, 4) is 0 Å². The molecule has 1 aliphatic heterocycles. The van der Waals surface area contributed by atoms with E-state index in [1.54, 1.807) is 0 Å². The van der Waals surface area contributed by atoms with Crippen molar-refractivity contribution in [1.82, 2.24) is 10.2 Å². The Morgan fingerprint density at radius 2 is 2.20 bits per heavy atom. The third-order valence-electron chi connectivity index (χ3n) is 3.41. The first kappa shape index (κ1) is 12.9. The van der Waals surface area contributed by atoms with Crippen molar-refractivity contribution in [3.05, 3.63) is 0 Å². The van der Waals surface area contributed by atoms with Crippen molar-refractivity contribution >= 4 is 0 Å². The van der Waals surface area contributed by atoms with E-state index < -0.39 is 0 Å². The van der Waals surface area contributed by atoms with E-state index in [0.717, 1.165) is 19.7 Å². The van der Waals surface area contributed by atoms with Crippen molar-refractivity contribution < 1.29 is 4.74 Å². The largest absolute Gasteiger partial charge is 0.377 e. The second-order valence-electron chi connectivity index (χ2n) is 4.81. The Bertz CT molecular complexity index is 175. The van der Waals surface area contributed by atoms with Crippen molar-refractivity contribution in [3.63, 3.8) is 0 Å². The molecule has 0 aliphatic carbocycles. The zero-order chi connectivity index (χ0) is 11.3. The molecule has 1 N–H and O–H groups in total. The Labute approximate surface area is 94.2 Å². The maximum absolute atomic E-state index is 5.67. The first-order chi connectivity index (χ1) is 7.15. The minimum Gasteiger partial charge on any atom is -0.377 e. The summed E-state index contributed by atoms with van der Waals surface area (Å²) < 4.78 is 5.67. The average molecular weight is 214 g/mol. The predicted molar refractivity (Wildman–Crippen MR) is 64.2 cm³/mol. The SMILES string of the molecule is CNCC(C)C(C)N1CCCOC(C)C1. The fourth-order valence-corrected chi connectivity index (χ4v) is 2.25. The Morgan fingerprint density at radius 1 is 1.47 bits per heavy atom. The zero-order valence-electron chi connectivity index (χ0n) is 10.6. The van der Waals surface area contributed by atoms with Gasteiger partial charge in [0.05, 0.1) is 6.10 Å². The Kier molecular flexibility index (Phi) is 5.58. The topological polar surface area (TPSA) is 24.5 Å². The molecule has 0 aromatic heterocycles. The van der Waals surface area contributed by atoms with Crippen LogP contribution in [-0.2, 0) is 4.74 Å². The highest BCUT2D eigenvalue weighted by Crippen LogP contribution is 2.14. The molecule has 0 aromatic carbocycles. The van der Waals surface area contributed by atoms with Crippen molar-refractivity contribution in [2.75, 3.05) is 33.3 Å². The van der Waals surface area contributed by atoms with Gasteiger partial charge in [-0.25, -0.2) is 0 Å². The van der Waals surface area contributed by atoms with Crippen LogP contribution in [0.3, 0.4) is 0 Å². The Morgan fingerprint density at radius 3 is 2.87 bits per heavy atom. The number of ether oxygens (including phenoxy) is 1. The predicted octanol–water partition coefficient (Wildman–Crippen LogP) is 1.34. The minimum absolute atomic E-state index is 0.386. The molecule has 3 atom stereocenters. The second kappa shape index (κ2) is 6.46. The van der Waals surface area contributed by atoms with E-state index >= 15 is 0 Å². The summed E-state index contributed by atoms with van der Waals surface area (Å²) >= 11 is 0. The Balaban J connectivity index is 2.45. The summed E-state index contributed by atoms with van der Waals surface area (Å²) in [6.45, 7) is 11.1. The first-order valence-electron chi connectivity index (χ1n) is 6.15. The molecular weight excluding hydrogens is 188 g/mol.